The molecular weight excluding hydrogens is 396 g/mol. The van der Waals surface area contributed by atoms with Crippen LogP contribution in [-0.4, -0.2) is 13.8 Å². The molecule has 3 saturated carbocycles. The van der Waals surface area contributed by atoms with E-state index in [9.17, 15) is 0 Å². The number of rotatable bonds is 2. The van der Waals surface area contributed by atoms with E-state index in [1.54, 1.807) is 17.4 Å². The summed E-state index contributed by atoms with van der Waals surface area (Å²) in [5, 5.41) is 0. The van der Waals surface area contributed by atoms with Crippen LogP contribution in [0.15, 0.2) is 0 Å². The first kappa shape index (κ1) is 19.0. The number of hydrogen-bond donors (Lipinski definition) is 0. The van der Waals surface area contributed by atoms with E-state index in [4.69, 9.17) is 22.0 Å². The molecular formula is C16H25Cl2NSiZr+. The third kappa shape index (κ3) is 4.59. The van der Waals surface area contributed by atoms with E-state index in [0.29, 0.717) is 0 Å². The molecule has 0 aliphatic heterocycles. The molecule has 0 aromatic carbocycles. The summed E-state index contributed by atoms with van der Waals surface area (Å²) in [6, 6.07) is 0. The zero-order valence-corrected chi connectivity index (χ0v) is 18.6. The van der Waals surface area contributed by atoms with E-state index in [1.165, 1.54) is 19.3 Å². The molecule has 0 heterocycles. The zero-order chi connectivity index (χ0) is 15.8. The Morgan fingerprint density at radius 2 is 1.52 bits per heavy atom. The van der Waals surface area contributed by atoms with Crippen molar-refractivity contribution in [2.45, 2.75) is 58.7 Å². The Morgan fingerprint density at radius 3 is 1.90 bits per heavy atom. The first-order valence-electron chi connectivity index (χ1n) is 7.69. The molecule has 3 fully saturated rings. The van der Waals surface area contributed by atoms with Crippen LogP contribution in [-0.2, 0) is 20.8 Å². The van der Waals surface area contributed by atoms with Crippen LogP contribution in [0, 0.1) is 42.1 Å². The summed E-state index contributed by atoms with van der Waals surface area (Å²) in [6.45, 7) is 11.5. The van der Waals surface area contributed by atoms with Gasteiger partial charge in [0.2, 0.25) is 0 Å². The van der Waals surface area contributed by atoms with Gasteiger partial charge in [-0.2, -0.15) is 0 Å². The van der Waals surface area contributed by atoms with Crippen LogP contribution in [0.25, 0.3) is 4.98 Å². The van der Waals surface area contributed by atoms with E-state index >= 15 is 0 Å². The van der Waals surface area contributed by atoms with Gasteiger partial charge in [-0.1, -0.05) is 42.1 Å². The summed E-state index contributed by atoms with van der Waals surface area (Å²) in [5.74, 6) is 5.15. The fraction of sp³-hybridized carbons (Fsp3) is 0.688. The molecule has 21 heavy (non-hydrogen) atoms. The second kappa shape index (κ2) is 7.26. The van der Waals surface area contributed by atoms with Gasteiger partial charge >= 0.3 is 37.9 Å². The summed E-state index contributed by atoms with van der Waals surface area (Å²) >= 11 is -0.826. The van der Waals surface area contributed by atoms with Crippen LogP contribution in [0.1, 0.15) is 40.0 Å². The monoisotopic (exact) mass is 419 g/mol. The Labute approximate surface area is 151 Å². The molecule has 0 unspecified atom stereocenters. The fourth-order valence-electron chi connectivity index (χ4n) is 4.05. The molecule has 0 spiro atoms. The average molecular weight is 422 g/mol. The number of halogens is 2. The van der Waals surface area contributed by atoms with Gasteiger partial charge in [-0.05, 0) is 61.3 Å². The SMILES string of the molecule is CC(C)(C)[N-][Si](C)(C)[C]1[CH][C]2[C]([CH]1)[C@H]1CC[C@@H]2C1.[Cl][Zr+2][Cl]. The van der Waals surface area contributed by atoms with E-state index in [0.717, 1.165) is 11.8 Å². The minimum atomic E-state index is -1.61. The molecule has 2 bridgehead atoms. The molecule has 5 heteroatoms. The summed E-state index contributed by atoms with van der Waals surface area (Å²) < 4.78 is 0. The number of nitrogens with zero attached hydrogens (tertiary/aromatic N) is 1. The molecule has 0 N–H and O–H groups in total. The van der Waals surface area contributed by atoms with Crippen molar-refractivity contribution in [3.05, 3.63) is 35.2 Å². The van der Waals surface area contributed by atoms with Crippen molar-refractivity contribution in [1.29, 1.82) is 0 Å². The van der Waals surface area contributed by atoms with E-state index in [-0.39, 0.29) is 5.54 Å². The van der Waals surface area contributed by atoms with E-state index in [1.807, 2.05) is 0 Å². The summed E-state index contributed by atoms with van der Waals surface area (Å²) in [6.07, 6.45) is 9.32. The molecule has 3 aliphatic carbocycles. The average Bonchev–Trinajstić information content (AvgIpc) is 3.00. The van der Waals surface area contributed by atoms with Gasteiger partial charge in [-0.15, -0.1) is 5.54 Å². The van der Waals surface area contributed by atoms with Crippen LogP contribution in [0.5, 0.6) is 0 Å². The van der Waals surface area contributed by atoms with Gasteiger partial charge in [0.05, 0.1) is 0 Å². The number of fused-ring (bicyclic) bond motifs is 5. The molecule has 0 aromatic rings. The molecule has 0 amide bonds. The second-order valence-electron chi connectivity index (χ2n) is 7.77. The Balaban J connectivity index is 0.000000497. The van der Waals surface area contributed by atoms with Crippen molar-refractivity contribution in [2.24, 2.45) is 11.8 Å². The third-order valence-corrected chi connectivity index (χ3v) is 7.52. The standard InChI is InChI=1S/C16H25NSi.2ClH.Zr/c1-16(2,3)17-18(4,5)13-9-14-11-6-7-12(8-11)15(14)10-13;;;/h9-12H,6-8H2,1-5H3;2*1H;/q-1;;;+4/p-2/t11-,12+;;;. The van der Waals surface area contributed by atoms with Crippen LogP contribution >= 0.6 is 17.0 Å². The van der Waals surface area contributed by atoms with Gasteiger partial charge < -0.3 is 4.98 Å². The van der Waals surface area contributed by atoms with Gasteiger partial charge in [0, 0.05) is 0 Å². The summed E-state index contributed by atoms with van der Waals surface area (Å²) in [7, 11) is 8.25. The van der Waals surface area contributed by atoms with Gasteiger partial charge in [-0.25, -0.2) is 0 Å². The third-order valence-electron chi connectivity index (χ3n) is 4.59. The molecule has 1 nitrogen and oxygen atoms in total. The van der Waals surface area contributed by atoms with Crippen LogP contribution in [0.4, 0.5) is 0 Å². The quantitative estimate of drug-likeness (QED) is 0.496. The van der Waals surface area contributed by atoms with E-state index in [2.05, 4.69) is 46.7 Å². The maximum absolute atomic E-state index is 5.13. The van der Waals surface area contributed by atoms with Gasteiger partial charge in [-0.3, -0.25) is 0 Å². The van der Waals surface area contributed by atoms with Crippen LogP contribution in [0.2, 0.25) is 13.1 Å². The molecule has 5 radical (unpaired) electrons. The van der Waals surface area contributed by atoms with Crippen molar-refractivity contribution < 1.29 is 20.8 Å². The van der Waals surface area contributed by atoms with Crippen molar-refractivity contribution in [3.63, 3.8) is 0 Å². The van der Waals surface area contributed by atoms with Crippen molar-refractivity contribution in [2.75, 3.05) is 0 Å². The first-order chi connectivity index (χ1) is 9.68. The fourth-order valence-corrected chi connectivity index (χ4v) is 6.88. The molecule has 0 saturated heterocycles. The summed E-state index contributed by atoms with van der Waals surface area (Å²) in [4.78, 5) is 5.13. The van der Waals surface area contributed by atoms with Crippen molar-refractivity contribution in [3.8, 4) is 0 Å². The summed E-state index contributed by atoms with van der Waals surface area (Å²) in [5.41, 5.74) is 1.66. The number of hydrogen-bond acceptors (Lipinski definition) is 0. The van der Waals surface area contributed by atoms with Gasteiger partial charge in [0.1, 0.15) is 0 Å². The Hall–Kier alpha value is 1.64. The van der Waals surface area contributed by atoms with Crippen LogP contribution in [0.3, 0.4) is 0 Å². The minimum absolute atomic E-state index is 0.0937. The van der Waals surface area contributed by atoms with Gasteiger partial charge in [0.15, 0.2) is 0 Å². The molecule has 2 atom stereocenters. The van der Waals surface area contributed by atoms with Crippen molar-refractivity contribution >= 4 is 25.3 Å². The molecule has 0 aromatic heterocycles. The Morgan fingerprint density at radius 1 is 1.10 bits per heavy atom. The molecule has 3 aliphatic rings. The van der Waals surface area contributed by atoms with Gasteiger partial charge in [0.25, 0.3) is 0 Å². The molecule has 115 valence electrons. The van der Waals surface area contributed by atoms with Crippen LogP contribution < -0.4 is 0 Å². The van der Waals surface area contributed by atoms with E-state index < -0.39 is 29.1 Å². The Bertz CT molecular complexity index is 341. The maximum atomic E-state index is 5.13. The topological polar surface area (TPSA) is 14.1 Å². The first-order valence-corrected chi connectivity index (χ1v) is 17.0. The Kier molecular flexibility index (Phi) is 6.56. The normalized spacial score (nSPS) is 30.0. The van der Waals surface area contributed by atoms with Crippen molar-refractivity contribution in [1.82, 2.24) is 0 Å². The zero-order valence-electron chi connectivity index (χ0n) is 13.6. The second-order valence-corrected chi connectivity index (χ2v) is 15.4. The predicted molar refractivity (Wildman–Crippen MR) is 91.5 cm³/mol. The molecule has 3 rings (SSSR count). The predicted octanol–water partition coefficient (Wildman–Crippen LogP) is 5.85.